The first kappa shape index (κ1) is 14.0. The molecule has 0 fully saturated rings. The van der Waals surface area contributed by atoms with Crippen LogP contribution in [0.4, 0.5) is 5.69 Å². The number of nitrogens with one attached hydrogen (secondary N) is 1. The Hall–Kier alpha value is -2.38. The van der Waals surface area contributed by atoms with Crippen molar-refractivity contribution in [1.29, 1.82) is 5.26 Å². The molecule has 0 aromatic heterocycles. The van der Waals surface area contributed by atoms with Gasteiger partial charge >= 0.3 is 0 Å². The van der Waals surface area contributed by atoms with E-state index in [0.717, 1.165) is 0 Å². The average molecular weight is 289 g/mol. The highest BCUT2D eigenvalue weighted by Crippen LogP contribution is 2.32. The Labute approximate surface area is 121 Å². The van der Waals surface area contributed by atoms with Gasteiger partial charge < -0.3 is 15.5 Å². The van der Waals surface area contributed by atoms with Crippen molar-refractivity contribution in [3.8, 4) is 17.6 Å². The van der Waals surface area contributed by atoms with Gasteiger partial charge in [0.1, 0.15) is 11.5 Å². The first-order valence-electron chi connectivity index (χ1n) is 5.99. The largest absolute Gasteiger partial charge is 0.508 e. The molecule has 4 nitrogen and oxygen atoms in total. The molecule has 0 saturated carbocycles. The molecule has 0 spiro atoms. The molecule has 0 aliphatic carbocycles. The van der Waals surface area contributed by atoms with Gasteiger partial charge in [-0.2, -0.15) is 5.26 Å². The number of phenolic OH excluding ortho intramolecular Hbond substituents is 2. The molecule has 0 saturated heterocycles. The molecular formula is C15H13ClN2O2. The number of rotatable bonds is 3. The summed E-state index contributed by atoms with van der Waals surface area (Å²) in [4.78, 5) is 0. The first-order chi connectivity index (χ1) is 9.51. The number of benzene rings is 2. The van der Waals surface area contributed by atoms with Crippen molar-refractivity contribution in [2.45, 2.75) is 13.0 Å². The zero-order valence-corrected chi connectivity index (χ0v) is 11.5. The molecule has 0 aliphatic heterocycles. The normalized spacial score (nSPS) is 11.7. The molecule has 2 rings (SSSR count). The molecule has 1 unspecified atom stereocenters. The third-order valence-electron chi connectivity index (χ3n) is 2.95. The highest BCUT2D eigenvalue weighted by molar-refractivity contribution is 6.33. The number of anilines is 1. The SMILES string of the molecule is CC(Nc1ccc(C#N)cc1Cl)c1ccc(O)cc1O. The van der Waals surface area contributed by atoms with Crippen molar-refractivity contribution in [2.24, 2.45) is 0 Å². The molecule has 1 atom stereocenters. The van der Waals surface area contributed by atoms with Gasteiger partial charge in [0.2, 0.25) is 0 Å². The zero-order chi connectivity index (χ0) is 14.7. The van der Waals surface area contributed by atoms with Crippen LogP contribution in [-0.4, -0.2) is 10.2 Å². The van der Waals surface area contributed by atoms with E-state index in [9.17, 15) is 10.2 Å². The summed E-state index contributed by atoms with van der Waals surface area (Å²) >= 11 is 6.09. The first-order valence-corrected chi connectivity index (χ1v) is 6.37. The lowest BCUT2D eigenvalue weighted by atomic mass is 10.1. The Kier molecular flexibility index (Phi) is 4.02. The number of hydrogen-bond donors (Lipinski definition) is 3. The van der Waals surface area contributed by atoms with Gasteiger partial charge in [-0.15, -0.1) is 0 Å². The second kappa shape index (κ2) is 5.72. The second-order valence-corrected chi connectivity index (χ2v) is 4.82. The monoisotopic (exact) mass is 288 g/mol. The van der Waals surface area contributed by atoms with Crippen LogP contribution in [0.1, 0.15) is 24.1 Å². The van der Waals surface area contributed by atoms with Crippen LogP contribution in [0.2, 0.25) is 5.02 Å². The van der Waals surface area contributed by atoms with Crippen LogP contribution in [0, 0.1) is 11.3 Å². The number of aromatic hydroxyl groups is 2. The Balaban J connectivity index is 2.23. The summed E-state index contributed by atoms with van der Waals surface area (Å²) in [6.45, 7) is 1.86. The molecule has 20 heavy (non-hydrogen) atoms. The molecule has 5 heteroatoms. The maximum atomic E-state index is 9.82. The van der Waals surface area contributed by atoms with Gasteiger partial charge in [-0.25, -0.2) is 0 Å². The fourth-order valence-corrected chi connectivity index (χ4v) is 2.15. The van der Waals surface area contributed by atoms with Gasteiger partial charge in [0.15, 0.2) is 0 Å². The van der Waals surface area contributed by atoms with Crippen LogP contribution < -0.4 is 5.32 Å². The van der Waals surface area contributed by atoms with E-state index >= 15 is 0 Å². The van der Waals surface area contributed by atoms with E-state index < -0.39 is 0 Å². The number of nitrogens with zero attached hydrogens (tertiary/aromatic N) is 1. The molecular weight excluding hydrogens is 276 g/mol. The van der Waals surface area contributed by atoms with E-state index in [1.165, 1.54) is 12.1 Å². The van der Waals surface area contributed by atoms with E-state index in [1.807, 2.05) is 13.0 Å². The Morgan fingerprint density at radius 2 is 1.95 bits per heavy atom. The third-order valence-corrected chi connectivity index (χ3v) is 3.26. The number of halogens is 1. The maximum Gasteiger partial charge on any atom is 0.124 e. The molecule has 0 amide bonds. The van der Waals surface area contributed by atoms with E-state index in [0.29, 0.717) is 21.8 Å². The lowest BCUT2D eigenvalue weighted by Crippen LogP contribution is -2.07. The van der Waals surface area contributed by atoms with Crippen molar-refractivity contribution in [3.05, 3.63) is 52.5 Å². The summed E-state index contributed by atoms with van der Waals surface area (Å²) in [5.41, 5.74) is 1.80. The van der Waals surface area contributed by atoms with Crippen molar-refractivity contribution >= 4 is 17.3 Å². The van der Waals surface area contributed by atoms with Crippen molar-refractivity contribution < 1.29 is 10.2 Å². The van der Waals surface area contributed by atoms with Crippen LogP contribution in [-0.2, 0) is 0 Å². The summed E-state index contributed by atoms with van der Waals surface area (Å²) in [5.74, 6) is 0.0182. The highest BCUT2D eigenvalue weighted by Gasteiger charge is 2.12. The molecule has 2 aromatic rings. The predicted molar refractivity (Wildman–Crippen MR) is 78.0 cm³/mol. The maximum absolute atomic E-state index is 9.82. The lowest BCUT2D eigenvalue weighted by Gasteiger charge is -2.18. The molecule has 0 radical (unpaired) electrons. The van der Waals surface area contributed by atoms with Gasteiger partial charge in [0.25, 0.3) is 0 Å². The summed E-state index contributed by atoms with van der Waals surface area (Å²) in [6, 6.07) is 11.2. The summed E-state index contributed by atoms with van der Waals surface area (Å²) in [7, 11) is 0. The average Bonchev–Trinajstić information content (AvgIpc) is 2.40. The van der Waals surface area contributed by atoms with Crippen LogP contribution in [0.3, 0.4) is 0 Å². The minimum Gasteiger partial charge on any atom is -0.508 e. The van der Waals surface area contributed by atoms with Crippen LogP contribution in [0.15, 0.2) is 36.4 Å². The van der Waals surface area contributed by atoms with Gasteiger partial charge in [0, 0.05) is 11.6 Å². The van der Waals surface area contributed by atoms with E-state index in [-0.39, 0.29) is 17.5 Å². The van der Waals surface area contributed by atoms with Gasteiger partial charge in [-0.3, -0.25) is 0 Å². The lowest BCUT2D eigenvalue weighted by molar-refractivity contribution is 0.444. The smallest absolute Gasteiger partial charge is 0.124 e. The Morgan fingerprint density at radius 3 is 2.55 bits per heavy atom. The van der Waals surface area contributed by atoms with Gasteiger partial charge in [-0.05, 0) is 37.3 Å². The van der Waals surface area contributed by atoms with E-state index in [4.69, 9.17) is 16.9 Å². The summed E-state index contributed by atoms with van der Waals surface area (Å²) < 4.78 is 0. The molecule has 2 aromatic carbocycles. The van der Waals surface area contributed by atoms with Crippen molar-refractivity contribution in [3.63, 3.8) is 0 Å². The molecule has 0 heterocycles. The highest BCUT2D eigenvalue weighted by atomic mass is 35.5. The van der Waals surface area contributed by atoms with Crippen LogP contribution >= 0.6 is 11.6 Å². The minimum atomic E-state index is -0.207. The van der Waals surface area contributed by atoms with E-state index in [2.05, 4.69) is 5.32 Å². The molecule has 0 aliphatic rings. The second-order valence-electron chi connectivity index (χ2n) is 4.42. The van der Waals surface area contributed by atoms with E-state index in [1.54, 1.807) is 24.3 Å². The van der Waals surface area contributed by atoms with Crippen LogP contribution in [0.25, 0.3) is 0 Å². The third kappa shape index (κ3) is 2.95. The Bertz CT molecular complexity index is 680. The summed E-state index contributed by atoms with van der Waals surface area (Å²) in [6.07, 6.45) is 0. The molecule has 102 valence electrons. The fourth-order valence-electron chi connectivity index (χ4n) is 1.91. The number of phenols is 2. The number of hydrogen-bond acceptors (Lipinski definition) is 4. The van der Waals surface area contributed by atoms with Gasteiger partial charge in [0.05, 0.1) is 28.4 Å². The molecule has 3 N–H and O–H groups in total. The standard InChI is InChI=1S/C15H13ClN2O2/c1-9(12-4-3-11(19)7-15(12)20)18-14-5-2-10(8-17)6-13(14)16/h2-7,9,18-20H,1H3. The van der Waals surface area contributed by atoms with Gasteiger partial charge in [-0.1, -0.05) is 11.6 Å². The Morgan fingerprint density at radius 1 is 1.20 bits per heavy atom. The zero-order valence-electron chi connectivity index (χ0n) is 10.8. The minimum absolute atomic E-state index is 0.00904. The van der Waals surface area contributed by atoms with Crippen LogP contribution in [0.5, 0.6) is 11.5 Å². The molecule has 0 bridgehead atoms. The topological polar surface area (TPSA) is 76.3 Å². The quantitative estimate of drug-likeness (QED) is 0.803. The number of nitriles is 1. The predicted octanol–water partition coefficient (Wildman–Crippen LogP) is 3.80. The van der Waals surface area contributed by atoms with Crippen molar-refractivity contribution in [1.82, 2.24) is 0 Å². The summed E-state index contributed by atoms with van der Waals surface area (Å²) in [5, 5.41) is 31.5. The fraction of sp³-hybridized carbons (Fsp3) is 0.133. The van der Waals surface area contributed by atoms with Crippen molar-refractivity contribution in [2.75, 3.05) is 5.32 Å².